The smallest absolute Gasteiger partial charge is 0.244 e. The lowest BCUT2D eigenvalue weighted by atomic mass is 10.0. The van der Waals surface area contributed by atoms with Gasteiger partial charge in [-0.3, -0.25) is 13.9 Å². The third kappa shape index (κ3) is 7.77. The van der Waals surface area contributed by atoms with E-state index < -0.39 is 40.2 Å². The topological polar surface area (TPSA) is 86.8 Å². The average molecular weight is 611 g/mol. The van der Waals surface area contributed by atoms with Crippen LogP contribution in [0.5, 0.6) is 0 Å². The number of nitrogens with zero attached hydrogens (tertiary/aromatic N) is 2. The molecule has 0 fully saturated rings. The third-order valence-corrected chi connectivity index (χ3v) is 7.55. The molecule has 196 valence electrons. The first-order chi connectivity index (χ1) is 17.5. The minimum atomic E-state index is -3.97. The Bertz CT molecular complexity index is 1380. The SMILES string of the molecule is CNC(=O)[C@H](Cc1ccccc1)N(Cc1cccc(Br)c1)C(=O)CN(c1ccc(F)c(Cl)c1)S(C)(=O)=O. The van der Waals surface area contributed by atoms with Crippen molar-refractivity contribution in [2.45, 2.75) is 19.0 Å². The van der Waals surface area contributed by atoms with E-state index in [0.29, 0.717) is 0 Å². The van der Waals surface area contributed by atoms with Gasteiger partial charge in [0.1, 0.15) is 18.4 Å². The van der Waals surface area contributed by atoms with Crippen molar-refractivity contribution in [3.05, 3.63) is 99.2 Å². The van der Waals surface area contributed by atoms with Gasteiger partial charge in [-0.05, 0) is 41.5 Å². The molecule has 0 aromatic heterocycles. The van der Waals surface area contributed by atoms with Crippen LogP contribution in [0.4, 0.5) is 10.1 Å². The van der Waals surface area contributed by atoms with Crippen molar-refractivity contribution in [3.8, 4) is 0 Å². The van der Waals surface area contributed by atoms with Crippen LogP contribution in [-0.2, 0) is 32.6 Å². The van der Waals surface area contributed by atoms with Gasteiger partial charge in [0.2, 0.25) is 21.8 Å². The lowest BCUT2D eigenvalue weighted by Crippen LogP contribution is -2.52. The summed E-state index contributed by atoms with van der Waals surface area (Å²) in [4.78, 5) is 28.2. The molecule has 0 saturated carbocycles. The first-order valence-electron chi connectivity index (χ1n) is 11.2. The fourth-order valence-electron chi connectivity index (χ4n) is 3.81. The summed E-state index contributed by atoms with van der Waals surface area (Å²) < 4.78 is 40.7. The van der Waals surface area contributed by atoms with Gasteiger partial charge < -0.3 is 10.2 Å². The molecule has 0 bridgehead atoms. The molecule has 3 aromatic carbocycles. The minimum Gasteiger partial charge on any atom is -0.357 e. The van der Waals surface area contributed by atoms with Crippen LogP contribution >= 0.6 is 27.5 Å². The second-order valence-corrected chi connectivity index (χ2v) is 11.6. The number of carbonyl (C=O) groups excluding carboxylic acids is 2. The van der Waals surface area contributed by atoms with Gasteiger partial charge in [-0.1, -0.05) is 70.0 Å². The van der Waals surface area contributed by atoms with E-state index >= 15 is 0 Å². The van der Waals surface area contributed by atoms with E-state index in [2.05, 4.69) is 21.2 Å². The van der Waals surface area contributed by atoms with E-state index in [0.717, 1.165) is 38.3 Å². The van der Waals surface area contributed by atoms with Crippen molar-refractivity contribution in [2.75, 3.05) is 24.2 Å². The Morgan fingerprint density at radius 2 is 1.70 bits per heavy atom. The number of hydrogen-bond donors (Lipinski definition) is 1. The molecular formula is C26H26BrClFN3O4S. The fraction of sp³-hybridized carbons (Fsp3) is 0.231. The summed E-state index contributed by atoms with van der Waals surface area (Å²) in [5.74, 6) is -1.73. The standard InChI is InChI=1S/C26H26BrClFN3O4S/c1-30-26(34)24(14-18-7-4-3-5-8-18)31(16-19-9-6-10-20(27)13-19)25(33)17-32(37(2,35)36)21-11-12-23(29)22(28)15-21/h3-13,15,24H,14,16-17H2,1-2H3,(H,30,34)/t24-/m0/s1. The molecule has 0 aliphatic rings. The van der Waals surface area contributed by atoms with E-state index in [1.807, 2.05) is 48.5 Å². The Hall–Kier alpha value is -2.95. The predicted molar refractivity (Wildman–Crippen MR) is 146 cm³/mol. The largest absolute Gasteiger partial charge is 0.357 e. The maximum atomic E-state index is 13.8. The predicted octanol–water partition coefficient (Wildman–Crippen LogP) is 4.39. The van der Waals surface area contributed by atoms with Crippen LogP contribution in [0.25, 0.3) is 0 Å². The fourth-order valence-corrected chi connectivity index (χ4v) is 5.27. The number of sulfonamides is 1. The van der Waals surface area contributed by atoms with E-state index in [1.165, 1.54) is 18.0 Å². The van der Waals surface area contributed by atoms with E-state index in [-0.39, 0.29) is 23.7 Å². The number of likely N-dealkylation sites (N-methyl/N-ethyl adjacent to an activating group) is 1. The number of hydrogen-bond acceptors (Lipinski definition) is 4. The normalized spacial score (nSPS) is 12.0. The number of nitrogens with one attached hydrogen (secondary N) is 1. The molecule has 7 nitrogen and oxygen atoms in total. The number of carbonyl (C=O) groups is 2. The highest BCUT2D eigenvalue weighted by atomic mass is 79.9. The van der Waals surface area contributed by atoms with Crippen LogP contribution in [0.1, 0.15) is 11.1 Å². The van der Waals surface area contributed by atoms with Gasteiger partial charge in [-0.15, -0.1) is 0 Å². The monoisotopic (exact) mass is 609 g/mol. The quantitative estimate of drug-likeness (QED) is 0.369. The Labute approximate surface area is 229 Å². The summed E-state index contributed by atoms with van der Waals surface area (Å²) in [6.07, 6.45) is 1.15. The average Bonchev–Trinajstić information content (AvgIpc) is 2.86. The zero-order chi connectivity index (χ0) is 27.2. The number of rotatable bonds is 10. The van der Waals surface area contributed by atoms with Crippen molar-refractivity contribution in [1.82, 2.24) is 10.2 Å². The maximum absolute atomic E-state index is 13.8. The first kappa shape index (κ1) is 28.6. The van der Waals surface area contributed by atoms with Crippen LogP contribution in [0.3, 0.4) is 0 Å². The Balaban J connectivity index is 2.04. The van der Waals surface area contributed by atoms with E-state index in [9.17, 15) is 22.4 Å². The lowest BCUT2D eigenvalue weighted by Gasteiger charge is -2.33. The second-order valence-electron chi connectivity index (χ2n) is 8.34. The van der Waals surface area contributed by atoms with E-state index in [1.54, 1.807) is 6.07 Å². The van der Waals surface area contributed by atoms with Crippen LogP contribution < -0.4 is 9.62 Å². The van der Waals surface area contributed by atoms with Gasteiger partial charge in [0.05, 0.1) is 17.0 Å². The molecule has 0 spiro atoms. The van der Waals surface area contributed by atoms with E-state index in [4.69, 9.17) is 11.6 Å². The van der Waals surface area contributed by atoms with Crippen LogP contribution in [0, 0.1) is 5.82 Å². The molecule has 0 radical (unpaired) electrons. The van der Waals surface area contributed by atoms with Gasteiger partial charge >= 0.3 is 0 Å². The highest BCUT2D eigenvalue weighted by molar-refractivity contribution is 9.10. The lowest BCUT2D eigenvalue weighted by molar-refractivity contribution is -0.139. The molecule has 0 aliphatic heterocycles. The zero-order valence-electron chi connectivity index (χ0n) is 20.2. The van der Waals surface area contributed by atoms with Crippen molar-refractivity contribution in [3.63, 3.8) is 0 Å². The van der Waals surface area contributed by atoms with Crippen molar-refractivity contribution >= 4 is 55.1 Å². The summed E-state index contributed by atoms with van der Waals surface area (Å²) >= 11 is 9.30. The Kier molecular flexibility index (Phi) is 9.69. The third-order valence-electron chi connectivity index (χ3n) is 5.63. The molecule has 0 heterocycles. The number of anilines is 1. The molecule has 2 amide bonds. The summed E-state index contributed by atoms with van der Waals surface area (Å²) in [5, 5.41) is 2.33. The number of amides is 2. The molecule has 11 heteroatoms. The first-order valence-corrected chi connectivity index (χ1v) is 14.2. The van der Waals surface area contributed by atoms with Gasteiger partial charge in [0.15, 0.2) is 0 Å². The molecule has 0 aliphatic carbocycles. The van der Waals surface area contributed by atoms with Crippen molar-refractivity contribution < 1.29 is 22.4 Å². The zero-order valence-corrected chi connectivity index (χ0v) is 23.4. The minimum absolute atomic E-state index is 0.0317. The van der Waals surface area contributed by atoms with Crippen LogP contribution in [0.2, 0.25) is 5.02 Å². The maximum Gasteiger partial charge on any atom is 0.244 e. The number of halogens is 3. The molecule has 1 atom stereocenters. The molecule has 3 aromatic rings. The molecule has 37 heavy (non-hydrogen) atoms. The highest BCUT2D eigenvalue weighted by Crippen LogP contribution is 2.25. The summed E-state index contributed by atoms with van der Waals surface area (Å²) in [5.41, 5.74) is 1.60. The Morgan fingerprint density at radius 3 is 2.30 bits per heavy atom. The highest BCUT2D eigenvalue weighted by Gasteiger charge is 2.32. The van der Waals surface area contributed by atoms with Crippen molar-refractivity contribution in [2.24, 2.45) is 0 Å². The van der Waals surface area contributed by atoms with Crippen LogP contribution in [-0.4, -0.2) is 51.0 Å². The molecule has 1 N–H and O–H groups in total. The molecule has 3 rings (SSSR count). The molecular weight excluding hydrogens is 585 g/mol. The summed E-state index contributed by atoms with van der Waals surface area (Å²) in [7, 11) is -2.49. The number of benzene rings is 3. The molecule has 0 unspecified atom stereocenters. The Morgan fingerprint density at radius 1 is 1.03 bits per heavy atom. The second kappa shape index (κ2) is 12.5. The van der Waals surface area contributed by atoms with Gasteiger partial charge in [-0.25, -0.2) is 12.8 Å². The van der Waals surface area contributed by atoms with Gasteiger partial charge in [-0.2, -0.15) is 0 Å². The summed E-state index contributed by atoms with van der Waals surface area (Å²) in [6.45, 7) is -0.567. The molecule has 0 saturated heterocycles. The summed E-state index contributed by atoms with van der Waals surface area (Å²) in [6, 6.07) is 18.9. The van der Waals surface area contributed by atoms with Crippen molar-refractivity contribution in [1.29, 1.82) is 0 Å². The van der Waals surface area contributed by atoms with Gasteiger partial charge in [0.25, 0.3) is 0 Å². The van der Waals surface area contributed by atoms with Gasteiger partial charge in [0, 0.05) is 24.5 Å². The van der Waals surface area contributed by atoms with Crippen LogP contribution in [0.15, 0.2) is 77.3 Å².